The van der Waals surface area contributed by atoms with Gasteiger partial charge in [-0.1, -0.05) is 0 Å². The lowest BCUT2D eigenvalue weighted by molar-refractivity contribution is 0.112. The van der Waals surface area contributed by atoms with Gasteiger partial charge in [0.2, 0.25) is 0 Å². The molecule has 0 aliphatic rings. The predicted molar refractivity (Wildman–Crippen MR) is 55.6 cm³/mol. The van der Waals surface area contributed by atoms with E-state index in [9.17, 15) is 4.79 Å². The van der Waals surface area contributed by atoms with E-state index >= 15 is 0 Å². The van der Waals surface area contributed by atoms with Gasteiger partial charge in [-0.15, -0.1) is 0 Å². The zero-order valence-corrected chi connectivity index (χ0v) is 8.59. The second-order valence-corrected chi connectivity index (χ2v) is 3.44. The van der Waals surface area contributed by atoms with Crippen LogP contribution in [0.25, 0.3) is 0 Å². The van der Waals surface area contributed by atoms with E-state index in [4.69, 9.17) is 0 Å². The fraction of sp³-hybridized carbons (Fsp3) is 0.364. The summed E-state index contributed by atoms with van der Waals surface area (Å²) in [5, 5.41) is 0. The molecule has 1 aromatic carbocycles. The van der Waals surface area contributed by atoms with E-state index in [1.165, 1.54) is 11.3 Å². The van der Waals surface area contributed by atoms with Crippen molar-refractivity contribution in [2.45, 2.75) is 13.8 Å². The maximum absolute atomic E-state index is 10.6. The van der Waals surface area contributed by atoms with Crippen molar-refractivity contribution in [3.8, 4) is 0 Å². The van der Waals surface area contributed by atoms with Crippen LogP contribution in [0.3, 0.4) is 0 Å². The van der Waals surface area contributed by atoms with Gasteiger partial charge in [-0.25, -0.2) is 0 Å². The Morgan fingerprint density at radius 3 is 2.23 bits per heavy atom. The van der Waals surface area contributed by atoms with Crippen LogP contribution in [0, 0.1) is 13.8 Å². The van der Waals surface area contributed by atoms with Crippen molar-refractivity contribution in [1.82, 2.24) is 0 Å². The number of benzene rings is 1. The van der Waals surface area contributed by atoms with E-state index in [-0.39, 0.29) is 0 Å². The normalized spacial score (nSPS) is 9.85. The molecule has 0 saturated carbocycles. The Bertz CT molecular complexity index is 329. The van der Waals surface area contributed by atoms with Crippen molar-refractivity contribution >= 4 is 12.0 Å². The first-order chi connectivity index (χ1) is 6.07. The Hall–Kier alpha value is -1.31. The van der Waals surface area contributed by atoms with Crippen LogP contribution in [0.2, 0.25) is 0 Å². The molecule has 0 aliphatic carbocycles. The molecule has 1 aromatic rings. The zero-order valence-electron chi connectivity index (χ0n) is 8.59. The number of hydrogen-bond acceptors (Lipinski definition) is 2. The average molecular weight is 177 g/mol. The minimum Gasteiger partial charge on any atom is -0.377 e. The number of aldehydes is 1. The molecule has 0 saturated heterocycles. The van der Waals surface area contributed by atoms with Crippen LogP contribution >= 0.6 is 0 Å². The zero-order chi connectivity index (χ0) is 10.0. The largest absolute Gasteiger partial charge is 0.377 e. The minimum atomic E-state index is 0.781. The van der Waals surface area contributed by atoms with Crippen molar-refractivity contribution in [2.24, 2.45) is 0 Å². The van der Waals surface area contributed by atoms with Gasteiger partial charge in [-0.05, 0) is 37.1 Å². The number of nitrogens with zero attached hydrogens (tertiary/aromatic N) is 1. The fourth-order valence-corrected chi connectivity index (χ4v) is 1.44. The highest BCUT2D eigenvalue weighted by Gasteiger charge is 2.06. The van der Waals surface area contributed by atoms with E-state index in [2.05, 4.69) is 4.90 Å². The highest BCUT2D eigenvalue weighted by molar-refractivity contribution is 5.79. The minimum absolute atomic E-state index is 0.781. The molecule has 0 unspecified atom stereocenters. The molecule has 0 heterocycles. The summed E-state index contributed by atoms with van der Waals surface area (Å²) in [7, 11) is 4.00. The van der Waals surface area contributed by atoms with Crippen LogP contribution in [0.5, 0.6) is 0 Å². The van der Waals surface area contributed by atoms with E-state index in [1.807, 2.05) is 40.1 Å². The van der Waals surface area contributed by atoms with Gasteiger partial charge in [0.25, 0.3) is 0 Å². The molecule has 13 heavy (non-hydrogen) atoms. The van der Waals surface area contributed by atoms with Crippen LogP contribution in [-0.4, -0.2) is 20.4 Å². The Balaban J connectivity index is 3.31. The lowest BCUT2D eigenvalue weighted by Crippen LogP contribution is -2.11. The molecule has 2 heteroatoms. The molecule has 70 valence electrons. The van der Waals surface area contributed by atoms with Crippen molar-refractivity contribution < 1.29 is 4.79 Å². The van der Waals surface area contributed by atoms with Crippen molar-refractivity contribution in [1.29, 1.82) is 0 Å². The van der Waals surface area contributed by atoms with Gasteiger partial charge in [0, 0.05) is 25.3 Å². The van der Waals surface area contributed by atoms with E-state index in [0.717, 1.165) is 17.4 Å². The molecule has 1 rings (SSSR count). The summed E-state index contributed by atoms with van der Waals surface area (Å²) >= 11 is 0. The lowest BCUT2D eigenvalue weighted by Gasteiger charge is -2.17. The van der Waals surface area contributed by atoms with Crippen molar-refractivity contribution in [3.05, 3.63) is 28.8 Å². The van der Waals surface area contributed by atoms with Crippen LogP contribution in [0.4, 0.5) is 5.69 Å². The van der Waals surface area contributed by atoms with Gasteiger partial charge in [-0.3, -0.25) is 4.79 Å². The van der Waals surface area contributed by atoms with Gasteiger partial charge < -0.3 is 4.90 Å². The van der Waals surface area contributed by atoms with Gasteiger partial charge in [0.05, 0.1) is 0 Å². The number of carbonyl (C=O) groups is 1. The monoisotopic (exact) mass is 177 g/mol. The fourth-order valence-electron chi connectivity index (χ4n) is 1.44. The quantitative estimate of drug-likeness (QED) is 0.645. The molecular formula is C11H15NO. The first-order valence-electron chi connectivity index (χ1n) is 4.30. The number of hydrogen-bond donors (Lipinski definition) is 0. The van der Waals surface area contributed by atoms with Crippen LogP contribution < -0.4 is 4.90 Å². The summed E-state index contributed by atoms with van der Waals surface area (Å²) in [6, 6.07) is 3.84. The number of rotatable bonds is 2. The third kappa shape index (κ3) is 1.72. The van der Waals surface area contributed by atoms with Gasteiger partial charge in [0.1, 0.15) is 6.29 Å². The molecular weight excluding hydrogens is 162 g/mol. The molecule has 0 radical (unpaired) electrons. The van der Waals surface area contributed by atoms with E-state index < -0.39 is 0 Å². The summed E-state index contributed by atoms with van der Waals surface area (Å²) in [5.41, 5.74) is 4.20. The first-order valence-corrected chi connectivity index (χ1v) is 4.30. The van der Waals surface area contributed by atoms with E-state index in [0.29, 0.717) is 0 Å². The molecule has 0 spiro atoms. The van der Waals surface area contributed by atoms with Crippen LogP contribution in [-0.2, 0) is 0 Å². The van der Waals surface area contributed by atoms with Crippen molar-refractivity contribution in [2.75, 3.05) is 19.0 Å². The molecule has 0 aromatic heterocycles. The average Bonchev–Trinajstić information content (AvgIpc) is 2.09. The summed E-state index contributed by atoms with van der Waals surface area (Å²) in [6.45, 7) is 4.02. The topological polar surface area (TPSA) is 20.3 Å². The summed E-state index contributed by atoms with van der Waals surface area (Å²) < 4.78 is 0. The van der Waals surface area contributed by atoms with Crippen LogP contribution in [0.1, 0.15) is 21.5 Å². The summed E-state index contributed by atoms with van der Waals surface area (Å²) in [6.07, 6.45) is 0.905. The van der Waals surface area contributed by atoms with Crippen LogP contribution in [0.15, 0.2) is 12.1 Å². The molecule has 0 amide bonds. The molecule has 0 N–H and O–H groups in total. The van der Waals surface area contributed by atoms with E-state index in [1.54, 1.807) is 0 Å². The maximum Gasteiger partial charge on any atom is 0.150 e. The smallest absolute Gasteiger partial charge is 0.150 e. The van der Waals surface area contributed by atoms with Crippen molar-refractivity contribution in [3.63, 3.8) is 0 Å². The second-order valence-electron chi connectivity index (χ2n) is 3.44. The Morgan fingerprint density at radius 1 is 1.15 bits per heavy atom. The SMILES string of the molecule is Cc1c(C=O)ccc(N(C)C)c1C. The Labute approximate surface area is 79.2 Å². The highest BCUT2D eigenvalue weighted by atomic mass is 16.1. The second kappa shape index (κ2) is 3.60. The Morgan fingerprint density at radius 2 is 1.77 bits per heavy atom. The molecule has 0 atom stereocenters. The summed E-state index contributed by atoms with van der Waals surface area (Å²) in [5.74, 6) is 0. The predicted octanol–water partition coefficient (Wildman–Crippen LogP) is 2.18. The van der Waals surface area contributed by atoms with Gasteiger partial charge in [0.15, 0.2) is 0 Å². The molecule has 0 aliphatic heterocycles. The number of carbonyl (C=O) groups excluding carboxylic acids is 1. The van der Waals surface area contributed by atoms with Gasteiger partial charge >= 0.3 is 0 Å². The highest BCUT2D eigenvalue weighted by Crippen LogP contribution is 2.22. The maximum atomic E-state index is 10.6. The molecule has 0 fully saturated rings. The number of anilines is 1. The summed E-state index contributed by atoms with van der Waals surface area (Å²) in [4.78, 5) is 12.7. The van der Waals surface area contributed by atoms with Gasteiger partial charge in [-0.2, -0.15) is 0 Å². The first kappa shape index (κ1) is 9.78. The third-order valence-electron chi connectivity index (χ3n) is 2.41. The molecule has 0 bridgehead atoms. The molecule has 2 nitrogen and oxygen atoms in total. The lowest BCUT2D eigenvalue weighted by atomic mass is 10.0. The Kier molecular flexibility index (Phi) is 2.71. The third-order valence-corrected chi connectivity index (χ3v) is 2.41. The standard InChI is InChI=1S/C11H15NO/c1-8-9(2)11(12(3)4)6-5-10(8)7-13/h5-7H,1-4H3.